The average molecular weight is 246 g/mol. The molecular weight excluding hydrogens is 230 g/mol. The molecule has 0 aromatic carbocycles. The van der Waals surface area contributed by atoms with Crippen molar-refractivity contribution in [2.75, 3.05) is 13.1 Å². The fourth-order valence-electron chi connectivity index (χ4n) is 1.46. The molecule has 3 heteroatoms. The van der Waals surface area contributed by atoms with E-state index < -0.39 is 4.32 Å². The summed E-state index contributed by atoms with van der Waals surface area (Å²) in [5.74, 6) is 0.181. The van der Waals surface area contributed by atoms with E-state index in [-0.39, 0.29) is 5.91 Å². The van der Waals surface area contributed by atoms with Crippen LogP contribution in [-0.2, 0) is 4.79 Å². The third-order valence-corrected chi connectivity index (χ3v) is 2.47. The first-order valence-electron chi connectivity index (χ1n) is 4.55. The lowest BCUT2D eigenvalue weighted by Gasteiger charge is -2.30. The zero-order valence-electron chi connectivity index (χ0n) is 8.43. The first kappa shape index (κ1) is 10.8. The van der Waals surface area contributed by atoms with Crippen LogP contribution in [0.2, 0.25) is 0 Å². The maximum Gasteiger partial charge on any atom is 0.239 e. The van der Waals surface area contributed by atoms with Crippen LogP contribution in [0.25, 0.3) is 0 Å². The van der Waals surface area contributed by atoms with Crippen LogP contribution < -0.4 is 0 Å². The van der Waals surface area contributed by atoms with Crippen LogP contribution in [0.4, 0.5) is 0 Å². The van der Waals surface area contributed by atoms with Gasteiger partial charge in [0.15, 0.2) is 0 Å². The Bertz CT molecular complexity index is 240. The first-order valence-corrected chi connectivity index (χ1v) is 5.34. The second kappa shape index (κ2) is 3.82. The first-order chi connectivity index (χ1) is 5.91. The summed E-state index contributed by atoms with van der Waals surface area (Å²) in [4.78, 5) is 13.7. The van der Waals surface area contributed by atoms with E-state index in [9.17, 15) is 4.79 Å². The van der Waals surface area contributed by atoms with Crippen molar-refractivity contribution >= 4 is 21.8 Å². The van der Waals surface area contributed by atoms with Crippen molar-refractivity contribution in [3.8, 4) is 0 Å². The molecule has 0 unspecified atom stereocenters. The number of carbonyl (C=O) groups excluding carboxylic acids is 1. The lowest BCUT2D eigenvalue weighted by atomic mass is 10.1. The highest BCUT2D eigenvalue weighted by molar-refractivity contribution is 9.10. The highest BCUT2D eigenvalue weighted by Crippen LogP contribution is 2.21. The second-order valence-electron chi connectivity index (χ2n) is 4.04. The van der Waals surface area contributed by atoms with Gasteiger partial charge in [-0.05, 0) is 27.2 Å². The molecule has 0 fully saturated rings. The van der Waals surface area contributed by atoms with E-state index in [0.29, 0.717) is 0 Å². The molecule has 0 saturated carbocycles. The summed E-state index contributed by atoms with van der Waals surface area (Å²) in [7, 11) is 0. The third-order valence-electron chi connectivity index (χ3n) is 2.13. The Balaban J connectivity index is 2.65. The minimum atomic E-state index is -0.426. The molecule has 0 N–H and O–H groups in total. The van der Waals surface area contributed by atoms with Crippen LogP contribution in [0, 0.1) is 0 Å². The molecule has 0 radical (unpaired) electrons. The molecule has 0 bridgehead atoms. The molecule has 13 heavy (non-hydrogen) atoms. The van der Waals surface area contributed by atoms with Crippen molar-refractivity contribution in [2.45, 2.75) is 31.5 Å². The standard InChI is InChI=1S/C10H16BrNO/c1-8-5-4-6-12(7-8)9(13)10(2,3)11/h5H,4,6-7H2,1-3H3. The number of hydrogen-bond acceptors (Lipinski definition) is 1. The van der Waals surface area contributed by atoms with Gasteiger partial charge in [0.25, 0.3) is 0 Å². The van der Waals surface area contributed by atoms with Crippen molar-refractivity contribution in [3.05, 3.63) is 11.6 Å². The molecule has 0 aromatic rings. The van der Waals surface area contributed by atoms with Crippen molar-refractivity contribution in [1.82, 2.24) is 4.90 Å². The molecule has 0 spiro atoms. The number of amides is 1. The Morgan fingerprint density at radius 2 is 2.23 bits per heavy atom. The molecular formula is C10H16BrNO. The minimum absolute atomic E-state index is 0.181. The highest BCUT2D eigenvalue weighted by Gasteiger charge is 2.29. The monoisotopic (exact) mass is 245 g/mol. The Labute approximate surface area is 88.1 Å². The van der Waals surface area contributed by atoms with E-state index in [2.05, 4.69) is 28.9 Å². The second-order valence-corrected chi connectivity index (χ2v) is 6.02. The number of halogens is 1. The number of nitrogens with zero attached hydrogens (tertiary/aromatic N) is 1. The van der Waals surface area contributed by atoms with Crippen LogP contribution in [-0.4, -0.2) is 28.2 Å². The van der Waals surface area contributed by atoms with Gasteiger partial charge in [-0.15, -0.1) is 0 Å². The molecule has 0 atom stereocenters. The van der Waals surface area contributed by atoms with E-state index in [1.165, 1.54) is 5.57 Å². The van der Waals surface area contributed by atoms with E-state index in [0.717, 1.165) is 19.5 Å². The quantitative estimate of drug-likeness (QED) is 0.513. The van der Waals surface area contributed by atoms with Gasteiger partial charge in [-0.1, -0.05) is 27.6 Å². The van der Waals surface area contributed by atoms with E-state index >= 15 is 0 Å². The predicted molar refractivity (Wildman–Crippen MR) is 58.0 cm³/mol. The van der Waals surface area contributed by atoms with Crippen LogP contribution in [0.3, 0.4) is 0 Å². The molecule has 1 aliphatic rings. The van der Waals surface area contributed by atoms with Crippen molar-refractivity contribution < 1.29 is 4.79 Å². The van der Waals surface area contributed by atoms with E-state index in [1.54, 1.807) is 0 Å². The summed E-state index contributed by atoms with van der Waals surface area (Å²) in [5, 5.41) is 0. The van der Waals surface area contributed by atoms with Crippen LogP contribution in [0.15, 0.2) is 11.6 Å². The Kier molecular flexibility index (Phi) is 3.17. The molecule has 0 aromatic heterocycles. The SMILES string of the molecule is CC1=CCCN(C(=O)C(C)(C)Br)C1. The average Bonchev–Trinajstić information content (AvgIpc) is 2.01. The molecule has 1 amide bonds. The smallest absolute Gasteiger partial charge is 0.239 e. The topological polar surface area (TPSA) is 20.3 Å². The lowest BCUT2D eigenvalue weighted by molar-refractivity contribution is -0.132. The van der Waals surface area contributed by atoms with Gasteiger partial charge in [0.05, 0.1) is 4.32 Å². The van der Waals surface area contributed by atoms with E-state index in [4.69, 9.17) is 0 Å². The van der Waals surface area contributed by atoms with Gasteiger partial charge < -0.3 is 4.90 Å². The maximum absolute atomic E-state index is 11.8. The fraction of sp³-hybridized carbons (Fsp3) is 0.700. The number of carbonyl (C=O) groups is 1. The Morgan fingerprint density at radius 1 is 1.62 bits per heavy atom. The van der Waals surface area contributed by atoms with Crippen LogP contribution in [0.1, 0.15) is 27.2 Å². The molecule has 74 valence electrons. The molecule has 1 heterocycles. The highest BCUT2D eigenvalue weighted by atomic mass is 79.9. The number of rotatable bonds is 1. The Morgan fingerprint density at radius 3 is 2.69 bits per heavy atom. The summed E-state index contributed by atoms with van der Waals surface area (Å²) >= 11 is 3.39. The molecule has 0 saturated heterocycles. The zero-order chi connectivity index (χ0) is 10.1. The molecule has 0 aliphatic carbocycles. The summed E-state index contributed by atoms with van der Waals surface area (Å²) in [5.41, 5.74) is 1.29. The van der Waals surface area contributed by atoms with Gasteiger partial charge >= 0.3 is 0 Å². The summed E-state index contributed by atoms with van der Waals surface area (Å²) < 4.78 is -0.426. The van der Waals surface area contributed by atoms with Gasteiger partial charge in [0.2, 0.25) is 5.91 Å². The number of hydrogen-bond donors (Lipinski definition) is 0. The molecule has 1 aliphatic heterocycles. The van der Waals surface area contributed by atoms with Gasteiger partial charge in [0, 0.05) is 13.1 Å². The van der Waals surface area contributed by atoms with Gasteiger partial charge in [-0.2, -0.15) is 0 Å². The maximum atomic E-state index is 11.8. The molecule has 1 rings (SSSR count). The predicted octanol–water partition coefficient (Wildman–Crippen LogP) is 2.34. The zero-order valence-corrected chi connectivity index (χ0v) is 10.0. The number of alkyl halides is 1. The van der Waals surface area contributed by atoms with Gasteiger partial charge in [-0.25, -0.2) is 0 Å². The normalized spacial score (nSPS) is 18.5. The van der Waals surface area contributed by atoms with Crippen molar-refractivity contribution in [2.24, 2.45) is 0 Å². The van der Waals surface area contributed by atoms with Gasteiger partial charge in [-0.3, -0.25) is 4.79 Å². The van der Waals surface area contributed by atoms with E-state index in [1.807, 2.05) is 18.7 Å². The molecule has 2 nitrogen and oxygen atoms in total. The van der Waals surface area contributed by atoms with Crippen molar-refractivity contribution in [1.29, 1.82) is 0 Å². The summed E-state index contributed by atoms with van der Waals surface area (Å²) in [6, 6.07) is 0. The third kappa shape index (κ3) is 2.83. The van der Waals surface area contributed by atoms with Crippen LogP contribution >= 0.6 is 15.9 Å². The lowest BCUT2D eigenvalue weighted by Crippen LogP contribution is -2.44. The van der Waals surface area contributed by atoms with Gasteiger partial charge in [0.1, 0.15) is 0 Å². The van der Waals surface area contributed by atoms with Crippen molar-refractivity contribution in [3.63, 3.8) is 0 Å². The minimum Gasteiger partial charge on any atom is -0.337 e. The fourth-order valence-corrected chi connectivity index (χ4v) is 1.71. The largest absolute Gasteiger partial charge is 0.337 e. The van der Waals surface area contributed by atoms with Crippen LogP contribution in [0.5, 0.6) is 0 Å². The Hall–Kier alpha value is -0.310. The summed E-state index contributed by atoms with van der Waals surface area (Å²) in [6.45, 7) is 7.49. The summed E-state index contributed by atoms with van der Waals surface area (Å²) in [6.07, 6.45) is 3.19.